The largest absolute Gasteiger partial charge is 0.480 e. The van der Waals surface area contributed by atoms with Crippen LogP contribution in [-0.4, -0.2) is 33.8 Å². The van der Waals surface area contributed by atoms with Gasteiger partial charge in [0.25, 0.3) is 0 Å². The SMILES string of the molecule is COc1cnc(C(N)c2csnn2)c(OC)n1. The van der Waals surface area contributed by atoms with Crippen LogP contribution in [0.15, 0.2) is 11.6 Å². The molecule has 0 aliphatic heterocycles. The highest BCUT2D eigenvalue weighted by Crippen LogP contribution is 2.25. The fourth-order valence-corrected chi connectivity index (χ4v) is 1.77. The predicted molar refractivity (Wildman–Crippen MR) is 61.1 cm³/mol. The van der Waals surface area contributed by atoms with Gasteiger partial charge in [-0.25, -0.2) is 4.98 Å². The van der Waals surface area contributed by atoms with E-state index in [4.69, 9.17) is 15.2 Å². The molecule has 17 heavy (non-hydrogen) atoms. The number of ether oxygens (including phenoxy) is 2. The second-order valence-electron chi connectivity index (χ2n) is 3.11. The Morgan fingerprint density at radius 1 is 1.35 bits per heavy atom. The second kappa shape index (κ2) is 5.02. The fourth-order valence-electron chi connectivity index (χ4n) is 1.28. The summed E-state index contributed by atoms with van der Waals surface area (Å²) in [5, 5.41) is 5.66. The molecule has 2 rings (SSSR count). The summed E-state index contributed by atoms with van der Waals surface area (Å²) in [7, 11) is 3.01. The third-order valence-electron chi connectivity index (χ3n) is 2.14. The zero-order valence-electron chi connectivity index (χ0n) is 9.32. The van der Waals surface area contributed by atoms with Gasteiger partial charge in [0.05, 0.1) is 32.2 Å². The summed E-state index contributed by atoms with van der Waals surface area (Å²) in [4.78, 5) is 8.28. The lowest BCUT2D eigenvalue weighted by Gasteiger charge is -2.11. The molecule has 0 aromatic carbocycles. The Morgan fingerprint density at radius 3 is 2.76 bits per heavy atom. The van der Waals surface area contributed by atoms with Crippen molar-refractivity contribution in [3.63, 3.8) is 0 Å². The monoisotopic (exact) mass is 253 g/mol. The standard InChI is InChI=1S/C9H11N5O2S/c1-15-6-3-11-8(9(12-6)16-2)7(10)5-4-17-14-13-5/h3-4,7H,10H2,1-2H3. The number of methoxy groups -OCH3 is 2. The Morgan fingerprint density at radius 2 is 2.18 bits per heavy atom. The minimum atomic E-state index is -0.512. The van der Waals surface area contributed by atoms with Gasteiger partial charge in [-0.3, -0.25) is 0 Å². The fraction of sp³-hybridized carbons (Fsp3) is 0.333. The number of nitrogens with zero attached hydrogens (tertiary/aromatic N) is 4. The molecular formula is C9H11N5O2S. The molecule has 1 atom stereocenters. The van der Waals surface area contributed by atoms with E-state index in [0.717, 1.165) is 0 Å². The Labute approximate surface area is 102 Å². The summed E-state index contributed by atoms with van der Waals surface area (Å²) in [6, 6.07) is -0.512. The van der Waals surface area contributed by atoms with Crippen molar-refractivity contribution in [3.8, 4) is 11.8 Å². The maximum absolute atomic E-state index is 6.01. The molecule has 2 aromatic heterocycles. The second-order valence-corrected chi connectivity index (χ2v) is 3.72. The molecule has 0 radical (unpaired) electrons. The van der Waals surface area contributed by atoms with Crippen molar-refractivity contribution in [1.82, 2.24) is 19.6 Å². The molecule has 0 aliphatic rings. The van der Waals surface area contributed by atoms with E-state index in [1.165, 1.54) is 31.9 Å². The van der Waals surface area contributed by atoms with E-state index in [0.29, 0.717) is 23.1 Å². The lowest BCUT2D eigenvalue weighted by Crippen LogP contribution is -2.16. The number of aromatic nitrogens is 4. The van der Waals surface area contributed by atoms with Crippen molar-refractivity contribution in [3.05, 3.63) is 23.0 Å². The summed E-state index contributed by atoms with van der Waals surface area (Å²) in [6.07, 6.45) is 1.48. The average molecular weight is 253 g/mol. The molecule has 0 amide bonds. The topological polar surface area (TPSA) is 96.0 Å². The molecule has 0 bridgehead atoms. The van der Waals surface area contributed by atoms with Crippen LogP contribution in [0.3, 0.4) is 0 Å². The molecule has 0 saturated carbocycles. The van der Waals surface area contributed by atoms with E-state index in [2.05, 4.69) is 19.6 Å². The van der Waals surface area contributed by atoms with Crippen LogP contribution in [-0.2, 0) is 0 Å². The average Bonchev–Trinajstić information content (AvgIpc) is 2.91. The summed E-state index contributed by atoms with van der Waals surface area (Å²) in [5.74, 6) is 0.694. The highest BCUT2D eigenvalue weighted by atomic mass is 32.1. The van der Waals surface area contributed by atoms with Crippen molar-refractivity contribution in [2.24, 2.45) is 5.73 Å². The zero-order chi connectivity index (χ0) is 12.3. The number of nitrogens with two attached hydrogens (primary N) is 1. The Hall–Kier alpha value is -1.80. The van der Waals surface area contributed by atoms with Gasteiger partial charge in [-0.1, -0.05) is 4.49 Å². The molecular weight excluding hydrogens is 242 g/mol. The number of hydrogen-bond acceptors (Lipinski definition) is 8. The molecule has 0 spiro atoms. The van der Waals surface area contributed by atoms with Gasteiger partial charge in [-0.05, 0) is 11.5 Å². The minimum Gasteiger partial charge on any atom is -0.480 e. The molecule has 90 valence electrons. The summed E-state index contributed by atoms with van der Waals surface area (Å²) < 4.78 is 13.8. The van der Waals surface area contributed by atoms with Gasteiger partial charge in [0.2, 0.25) is 11.8 Å². The van der Waals surface area contributed by atoms with E-state index in [1.807, 2.05) is 0 Å². The Balaban J connectivity index is 2.38. The molecule has 2 N–H and O–H groups in total. The quantitative estimate of drug-likeness (QED) is 0.842. The molecule has 2 heterocycles. The van der Waals surface area contributed by atoms with E-state index in [-0.39, 0.29) is 0 Å². The first-order valence-corrected chi connectivity index (χ1v) is 5.57. The highest BCUT2D eigenvalue weighted by molar-refractivity contribution is 7.03. The predicted octanol–water partition coefficient (Wildman–Crippen LogP) is 0.393. The zero-order valence-corrected chi connectivity index (χ0v) is 10.1. The maximum Gasteiger partial charge on any atom is 0.240 e. The van der Waals surface area contributed by atoms with Crippen LogP contribution in [0.1, 0.15) is 17.4 Å². The van der Waals surface area contributed by atoms with Crippen LogP contribution in [0.2, 0.25) is 0 Å². The smallest absolute Gasteiger partial charge is 0.240 e. The summed E-state index contributed by atoms with van der Waals surface area (Å²) in [6.45, 7) is 0. The first-order chi connectivity index (χ1) is 8.26. The number of hydrogen-bond donors (Lipinski definition) is 1. The lowest BCUT2D eigenvalue weighted by atomic mass is 10.2. The van der Waals surface area contributed by atoms with E-state index in [9.17, 15) is 0 Å². The van der Waals surface area contributed by atoms with Crippen LogP contribution in [0.25, 0.3) is 0 Å². The van der Waals surface area contributed by atoms with Crippen LogP contribution in [0.4, 0.5) is 0 Å². The van der Waals surface area contributed by atoms with E-state index in [1.54, 1.807) is 5.38 Å². The number of rotatable bonds is 4. The third-order valence-corrected chi connectivity index (χ3v) is 2.66. The highest BCUT2D eigenvalue weighted by Gasteiger charge is 2.19. The normalized spacial score (nSPS) is 12.2. The molecule has 2 aromatic rings. The maximum atomic E-state index is 6.01. The van der Waals surface area contributed by atoms with Crippen LogP contribution in [0, 0.1) is 0 Å². The van der Waals surface area contributed by atoms with E-state index >= 15 is 0 Å². The van der Waals surface area contributed by atoms with Gasteiger partial charge in [0.15, 0.2) is 0 Å². The molecule has 0 saturated heterocycles. The lowest BCUT2D eigenvalue weighted by molar-refractivity contribution is 0.355. The van der Waals surface area contributed by atoms with Gasteiger partial charge in [-0.15, -0.1) is 5.10 Å². The molecule has 0 fully saturated rings. The van der Waals surface area contributed by atoms with Gasteiger partial charge < -0.3 is 15.2 Å². The van der Waals surface area contributed by atoms with Crippen LogP contribution < -0.4 is 15.2 Å². The molecule has 0 aliphatic carbocycles. The minimum absolute atomic E-state index is 0.324. The van der Waals surface area contributed by atoms with Gasteiger partial charge in [-0.2, -0.15) is 4.98 Å². The summed E-state index contributed by atoms with van der Waals surface area (Å²) in [5.41, 5.74) is 7.14. The van der Waals surface area contributed by atoms with Crippen molar-refractivity contribution in [1.29, 1.82) is 0 Å². The van der Waals surface area contributed by atoms with E-state index < -0.39 is 6.04 Å². The first-order valence-electron chi connectivity index (χ1n) is 4.73. The van der Waals surface area contributed by atoms with Gasteiger partial charge >= 0.3 is 0 Å². The first kappa shape index (κ1) is 11.7. The van der Waals surface area contributed by atoms with Crippen molar-refractivity contribution in [2.45, 2.75) is 6.04 Å². The van der Waals surface area contributed by atoms with Crippen LogP contribution >= 0.6 is 11.5 Å². The third kappa shape index (κ3) is 2.32. The van der Waals surface area contributed by atoms with Crippen molar-refractivity contribution in [2.75, 3.05) is 14.2 Å². The van der Waals surface area contributed by atoms with Gasteiger partial charge in [0.1, 0.15) is 5.69 Å². The Bertz CT molecular complexity index is 490. The summed E-state index contributed by atoms with van der Waals surface area (Å²) >= 11 is 1.23. The van der Waals surface area contributed by atoms with Gasteiger partial charge in [0, 0.05) is 5.38 Å². The molecule has 7 nitrogen and oxygen atoms in total. The molecule has 8 heteroatoms. The van der Waals surface area contributed by atoms with Crippen molar-refractivity contribution >= 4 is 11.5 Å². The Kier molecular flexibility index (Phi) is 3.45. The van der Waals surface area contributed by atoms with Crippen molar-refractivity contribution < 1.29 is 9.47 Å². The van der Waals surface area contributed by atoms with Crippen LogP contribution in [0.5, 0.6) is 11.8 Å². The molecule has 1 unspecified atom stereocenters.